The molecule has 1 amide bonds. The van der Waals surface area contributed by atoms with E-state index < -0.39 is 0 Å². The lowest BCUT2D eigenvalue weighted by molar-refractivity contribution is -0.111. The molecule has 2 aromatic heterocycles. The number of aromatic nitrogens is 2. The second kappa shape index (κ2) is 9.99. The highest BCUT2D eigenvalue weighted by atomic mass is 35.5. The molecule has 0 fully saturated rings. The molecule has 172 valence electrons. The lowest BCUT2D eigenvalue weighted by Gasteiger charge is -2.15. The fourth-order valence-electron chi connectivity index (χ4n) is 3.38. The number of amides is 1. The molecule has 0 unspecified atom stereocenters. The Balaban J connectivity index is 1.70. The quantitative estimate of drug-likeness (QED) is 0.285. The average molecular weight is 495 g/mol. The highest BCUT2D eigenvalue weighted by Gasteiger charge is 2.20. The monoisotopic (exact) mass is 494 g/mol. The van der Waals surface area contributed by atoms with Crippen molar-refractivity contribution in [3.63, 3.8) is 0 Å². The van der Waals surface area contributed by atoms with Gasteiger partial charge in [-0.05, 0) is 30.3 Å². The molecule has 0 radical (unpaired) electrons. The number of methoxy groups -OCH3 is 2. The molecule has 0 atom stereocenters. The van der Waals surface area contributed by atoms with Crippen molar-refractivity contribution in [1.82, 2.24) is 9.97 Å². The average Bonchev–Trinajstić information content (AvgIpc) is 2.85. The molecule has 34 heavy (non-hydrogen) atoms. The Morgan fingerprint density at radius 2 is 1.56 bits per heavy atom. The summed E-state index contributed by atoms with van der Waals surface area (Å²) in [5, 5.41) is 8.34. The van der Waals surface area contributed by atoms with Gasteiger partial charge in [0.15, 0.2) is 0 Å². The first kappa shape index (κ1) is 23.4. The molecule has 2 N–H and O–H groups in total. The minimum atomic E-state index is -0.302. The number of benzene rings is 2. The summed E-state index contributed by atoms with van der Waals surface area (Å²) in [6, 6.07) is 12.6. The van der Waals surface area contributed by atoms with Crippen LogP contribution in [0.25, 0.3) is 22.0 Å². The van der Waals surface area contributed by atoms with Crippen LogP contribution in [0.3, 0.4) is 0 Å². The Bertz CT molecular complexity index is 1380. The van der Waals surface area contributed by atoms with Gasteiger partial charge in [0.05, 0.1) is 41.3 Å². The second-order valence-electron chi connectivity index (χ2n) is 7.13. The fraction of sp³-hybridized carbons (Fsp3) is 0.0800. The Morgan fingerprint density at radius 3 is 2.21 bits per heavy atom. The Kier molecular flexibility index (Phi) is 6.86. The summed E-state index contributed by atoms with van der Waals surface area (Å²) >= 11 is 13.1. The smallest absolute Gasteiger partial charge is 0.247 e. The van der Waals surface area contributed by atoms with Crippen LogP contribution in [0, 0.1) is 0 Å². The number of fused-ring (bicyclic) bond motifs is 1. The third-order valence-electron chi connectivity index (χ3n) is 5.07. The van der Waals surface area contributed by atoms with E-state index in [-0.39, 0.29) is 5.91 Å². The van der Waals surface area contributed by atoms with E-state index in [4.69, 9.17) is 32.7 Å². The third kappa shape index (κ3) is 4.62. The molecular weight excluding hydrogens is 475 g/mol. The molecule has 0 saturated heterocycles. The van der Waals surface area contributed by atoms with Gasteiger partial charge in [0, 0.05) is 34.8 Å². The maximum absolute atomic E-state index is 11.7. The van der Waals surface area contributed by atoms with Gasteiger partial charge in [-0.15, -0.1) is 0 Å². The molecule has 0 aliphatic carbocycles. The van der Waals surface area contributed by atoms with Crippen molar-refractivity contribution < 1.29 is 14.3 Å². The topological polar surface area (TPSA) is 85.4 Å². The number of rotatable bonds is 7. The van der Waals surface area contributed by atoms with Gasteiger partial charge in [0.2, 0.25) is 5.91 Å². The van der Waals surface area contributed by atoms with E-state index in [0.29, 0.717) is 50.0 Å². The molecule has 9 heteroatoms. The van der Waals surface area contributed by atoms with Crippen LogP contribution >= 0.6 is 23.2 Å². The number of carbonyl (C=O) groups is 1. The normalized spacial score (nSPS) is 10.6. The first-order valence-corrected chi connectivity index (χ1v) is 10.9. The largest absolute Gasteiger partial charge is 0.495 e. The van der Waals surface area contributed by atoms with E-state index in [2.05, 4.69) is 27.2 Å². The zero-order valence-electron chi connectivity index (χ0n) is 18.4. The molecule has 0 bridgehead atoms. The van der Waals surface area contributed by atoms with Crippen LogP contribution in [0.4, 0.5) is 17.2 Å². The summed E-state index contributed by atoms with van der Waals surface area (Å²) in [7, 11) is 3.04. The van der Waals surface area contributed by atoms with Crippen LogP contribution in [0.5, 0.6) is 11.5 Å². The van der Waals surface area contributed by atoms with Gasteiger partial charge in [-0.25, -0.2) is 4.98 Å². The lowest BCUT2D eigenvalue weighted by atomic mass is 10.1. The van der Waals surface area contributed by atoms with Gasteiger partial charge >= 0.3 is 0 Å². The number of anilines is 3. The molecule has 4 aromatic rings. The highest BCUT2D eigenvalue weighted by Crippen LogP contribution is 2.45. The zero-order chi connectivity index (χ0) is 24.2. The number of nitrogens with zero attached hydrogens (tertiary/aromatic N) is 2. The second-order valence-corrected chi connectivity index (χ2v) is 7.89. The summed E-state index contributed by atoms with van der Waals surface area (Å²) < 4.78 is 10.7. The van der Waals surface area contributed by atoms with Crippen molar-refractivity contribution in [3.8, 4) is 22.8 Å². The molecular formula is C25H20Cl2N4O3. The van der Waals surface area contributed by atoms with Gasteiger partial charge in [-0.3, -0.25) is 9.78 Å². The third-order valence-corrected chi connectivity index (χ3v) is 5.82. The van der Waals surface area contributed by atoms with Crippen LogP contribution < -0.4 is 20.1 Å². The number of pyridine rings is 2. The Labute approximate surface area is 206 Å². The first-order chi connectivity index (χ1) is 16.4. The van der Waals surface area contributed by atoms with Crippen molar-refractivity contribution in [2.24, 2.45) is 0 Å². The van der Waals surface area contributed by atoms with E-state index in [0.717, 1.165) is 10.8 Å². The summed E-state index contributed by atoms with van der Waals surface area (Å²) in [6.45, 7) is 3.48. The summed E-state index contributed by atoms with van der Waals surface area (Å²) in [5.41, 5.74) is 2.37. The van der Waals surface area contributed by atoms with Crippen molar-refractivity contribution in [2.75, 3.05) is 24.9 Å². The molecule has 4 rings (SSSR count). The molecule has 2 aromatic carbocycles. The van der Waals surface area contributed by atoms with Crippen LogP contribution in [0.15, 0.2) is 67.5 Å². The van der Waals surface area contributed by atoms with Crippen molar-refractivity contribution in [1.29, 1.82) is 0 Å². The molecule has 7 nitrogen and oxygen atoms in total. The predicted molar refractivity (Wildman–Crippen MR) is 137 cm³/mol. The van der Waals surface area contributed by atoms with E-state index >= 15 is 0 Å². The van der Waals surface area contributed by atoms with Crippen LogP contribution in [0.2, 0.25) is 10.0 Å². The minimum Gasteiger partial charge on any atom is -0.495 e. The number of para-hydroxylation sites is 2. The zero-order valence-corrected chi connectivity index (χ0v) is 19.9. The summed E-state index contributed by atoms with van der Waals surface area (Å²) in [6.07, 6.45) is 4.64. The van der Waals surface area contributed by atoms with Crippen molar-refractivity contribution in [2.45, 2.75) is 0 Å². The van der Waals surface area contributed by atoms with Gasteiger partial charge in [0.1, 0.15) is 17.3 Å². The SMILES string of the molecule is C=CC(=O)Nc1ccccc1Nc1cc2cnc(-c3c(Cl)c(OC)cc(OC)c3Cl)cc2cn1. The highest BCUT2D eigenvalue weighted by molar-refractivity contribution is 6.41. The predicted octanol–water partition coefficient (Wildman–Crippen LogP) is 6.49. The molecule has 0 aliphatic rings. The van der Waals surface area contributed by atoms with E-state index in [1.54, 1.807) is 24.5 Å². The minimum absolute atomic E-state index is 0.302. The fourth-order valence-corrected chi connectivity index (χ4v) is 4.07. The van der Waals surface area contributed by atoms with Crippen LogP contribution in [0.1, 0.15) is 0 Å². The van der Waals surface area contributed by atoms with E-state index in [1.165, 1.54) is 20.3 Å². The van der Waals surface area contributed by atoms with Crippen LogP contribution in [-0.2, 0) is 4.79 Å². The molecule has 0 saturated carbocycles. The standard InChI is InChI=1S/C25H20Cl2N4O3/c1-4-22(32)31-17-8-6-5-7-16(17)30-21-10-15-12-28-18(9-14(15)13-29-21)23-24(26)19(33-2)11-20(34-3)25(23)27/h4-13H,1H2,2-3H3,(H,29,30)(H,31,32). The number of ether oxygens (including phenoxy) is 2. The number of halogens is 2. The molecule has 0 aliphatic heterocycles. The molecule has 2 heterocycles. The van der Waals surface area contributed by atoms with Crippen molar-refractivity contribution >= 4 is 57.1 Å². The van der Waals surface area contributed by atoms with Crippen LogP contribution in [-0.4, -0.2) is 30.1 Å². The number of hydrogen-bond acceptors (Lipinski definition) is 6. The van der Waals surface area contributed by atoms with Gasteiger partial charge in [-0.1, -0.05) is 41.9 Å². The number of carbonyl (C=O) groups excluding carboxylic acids is 1. The lowest BCUT2D eigenvalue weighted by Crippen LogP contribution is -2.09. The number of hydrogen-bond donors (Lipinski definition) is 2. The maximum atomic E-state index is 11.7. The van der Waals surface area contributed by atoms with Gasteiger partial charge in [0.25, 0.3) is 0 Å². The van der Waals surface area contributed by atoms with E-state index in [1.807, 2.05) is 30.3 Å². The summed E-state index contributed by atoms with van der Waals surface area (Å²) in [5.74, 6) is 1.14. The van der Waals surface area contributed by atoms with Gasteiger partial charge in [-0.2, -0.15) is 0 Å². The Morgan fingerprint density at radius 1 is 0.941 bits per heavy atom. The molecule has 0 spiro atoms. The number of nitrogens with one attached hydrogen (secondary N) is 2. The van der Waals surface area contributed by atoms with Gasteiger partial charge < -0.3 is 20.1 Å². The Hall–Kier alpha value is -3.81. The van der Waals surface area contributed by atoms with E-state index in [9.17, 15) is 4.79 Å². The summed E-state index contributed by atoms with van der Waals surface area (Å²) in [4.78, 5) is 20.8. The first-order valence-electron chi connectivity index (χ1n) is 10.1. The van der Waals surface area contributed by atoms with Crippen molar-refractivity contribution in [3.05, 3.63) is 77.6 Å². The maximum Gasteiger partial charge on any atom is 0.247 e.